The van der Waals surface area contributed by atoms with E-state index >= 15 is 0 Å². The second-order valence-electron chi connectivity index (χ2n) is 5.57. The van der Waals surface area contributed by atoms with Crippen LogP contribution in [0.1, 0.15) is 0 Å². The van der Waals surface area contributed by atoms with Crippen LogP contribution in [-0.4, -0.2) is 66.7 Å². The average molecular weight is 397 g/mol. The highest BCUT2D eigenvalue weighted by molar-refractivity contribution is 7.90. The van der Waals surface area contributed by atoms with Crippen molar-refractivity contribution in [1.29, 1.82) is 0 Å². The van der Waals surface area contributed by atoms with Crippen LogP contribution in [0.15, 0.2) is 35.6 Å². The maximum absolute atomic E-state index is 11.6. The minimum absolute atomic E-state index is 0.0173. The summed E-state index contributed by atoms with van der Waals surface area (Å²) in [7, 11) is -6.71. The topological polar surface area (TPSA) is 134 Å². The molecule has 10 nitrogen and oxygen atoms in total. The van der Waals surface area contributed by atoms with Gasteiger partial charge in [-0.25, -0.2) is 21.8 Å². The molecule has 0 saturated heterocycles. The molecule has 138 valence electrons. The molecule has 0 fully saturated rings. The van der Waals surface area contributed by atoms with Gasteiger partial charge in [0.15, 0.2) is 21.2 Å². The van der Waals surface area contributed by atoms with Crippen LogP contribution >= 0.6 is 0 Å². The smallest absolute Gasteiger partial charge is 0.248 e. The van der Waals surface area contributed by atoms with Crippen molar-refractivity contribution in [1.82, 2.24) is 25.0 Å². The number of benzene rings is 1. The third-order valence-electron chi connectivity index (χ3n) is 3.32. The fourth-order valence-electron chi connectivity index (χ4n) is 2.14. The fraction of sp³-hybridized carbons (Fsp3) is 0.286. The lowest BCUT2D eigenvalue weighted by Gasteiger charge is -2.06. The molecular weight excluding hydrogens is 382 g/mol. The van der Waals surface area contributed by atoms with Crippen LogP contribution < -0.4 is 4.74 Å². The average Bonchev–Trinajstić information content (AvgIpc) is 2.98. The van der Waals surface area contributed by atoms with E-state index in [1.165, 1.54) is 16.9 Å². The van der Waals surface area contributed by atoms with Crippen LogP contribution in [0.2, 0.25) is 0 Å². The number of rotatable bonds is 6. The Labute approximate surface area is 149 Å². The summed E-state index contributed by atoms with van der Waals surface area (Å²) in [6.07, 6.45) is 3.46. The number of hydrogen-bond donors (Lipinski definition) is 0. The molecule has 0 aliphatic heterocycles. The Bertz CT molecular complexity index is 1170. The Morgan fingerprint density at radius 1 is 1.12 bits per heavy atom. The summed E-state index contributed by atoms with van der Waals surface area (Å²) in [5.74, 6) is 0.479. The first kappa shape index (κ1) is 18.2. The van der Waals surface area contributed by atoms with Gasteiger partial charge in [0.05, 0.1) is 5.75 Å². The minimum atomic E-state index is -3.57. The Balaban J connectivity index is 1.99. The van der Waals surface area contributed by atoms with Gasteiger partial charge in [0.25, 0.3) is 0 Å². The first-order valence-corrected chi connectivity index (χ1v) is 11.3. The van der Waals surface area contributed by atoms with Gasteiger partial charge in [0, 0.05) is 24.8 Å². The summed E-state index contributed by atoms with van der Waals surface area (Å²) in [5.41, 5.74) is 0.931. The lowest BCUT2D eigenvalue weighted by atomic mass is 10.3. The van der Waals surface area contributed by atoms with Gasteiger partial charge in [0.2, 0.25) is 15.0 Å². The summed E-state index contributed by atoms with van der Waals surface area (Å²) < 4.78 is 52.5. The van der Waals surface area contributed by atoms with Crippen LogP contribution in [0, 0.1) is 0 Å². The zero-order valence-corrected chi connectivity index (χ0v) is 15.5. The molecule has 2 heterocycles. The lowest BCUT2D eigenvalue weighted by Crippen LogP contribution is -2.12. The van der Waals surface area contributed by atoms with Crippen molar-refractivity contribution in [3.8, 4) is 11.6 Å². The van der Waals surface area contributed by atoms with Gasteiger partial charge >= 0.3 is 0 Å². The third kappa shape index (κ3) is 3.96. The summed E-state index contributed by atoms with van der Waals surface area (Å²) in [5, 5.41) is 7.70. The second-order valence-corrected chi connectivity index (χ2v) is 9.74. The Morgan fingerprint density at radius 2 is 1.88 bits per heavy atom. The maximum Gasteiger partial charge on any atom is 0.248 e. The number of sulfone groups is 2. The Morgan fingerprint density at radius 3 is 2.58 bits per heavy atom. The van der Waals surface area contributed by atoms with Crippen molar-refractivity contribution in [2.24, 2.45) is 0 Å². The number of aromatic nitrogens is 5. The molecule has 0 aliphatic rings. The molecule has 0 saturated carbocycles. The molecule has 0 radical (unpaired) electrons. The van der Waals surface area contributed by atoms with Gasteiger partial charge < -0.3 is 4.74 Å². The predicted octanol–water partition coefficient (Wildman–Crippen LogP) is 0.0374. The van der Waals surface area contributed by atoms with Crippen molar-refractivity contribution in [3.05, 3.63) is 30.5 Å². The zero-order valence-electron chi connectivity index (χ0n) is 13.9. The van der Waals surface area contributed by atoms with Crippen molar-refractivity contribution >= 4 is 30.7 Å². The molecular formula is C14H15N5O5S2. The number of nitrogens with zero attached hydrogens (tertiary/aromatic N) is 5. The molecule has 2 aromatic heterocycles. The quantitative estimate of drug-likeness (QED) is 0.528. The van der Waals surface area contributed by atoms with E-state index in [-0.39, 0.29) is 23.3 Å². The van der Waals surface area contributed by atoms with Gasteiger partial charge in [-0.1, -0.05) is 11.3 Å². The SMILES string of the molecule is CS(=O)(=O)CCOc1cccc2c1nnn2-c1ccnc(S(C)(=O)=O)n1. The van der Waals surface area contributed by atoms with E-state index < -0.39 is 19.7 Å². The fourth-order valence-corrected chi connectivity index (χ4v) is 3.03. The van der Waals surface area contributed by atoms with Crippen molar-refractivity contribution in [2.75, 3.05) is 24.9 Å². The molecule has 12 heteroatoms. The molecule has 0 aliphatic carbocycles. The first-order valence-electron chi connectivity index (χ1n) is 7.33. The monoisotopic (exact) mass is 397 g/mol. The molecule has 3 rings (SSSR count). The Kier molecular flexibility index (Phi) is 4.63. The van der Waals surface area contributed by atoms with E-state index in [1.807, 2.05) is 0 Å². The van der Waals surface area contributed by atoms with Crippen LogP contribution in [-0.2, 0) is 19.7 Å². The van der Waals surface area contributed by atoms with Crippen LogP contribution in [0.4, 0.5) is 0 Å². The standard InChI is InChI=1S/C14H15N5O5S2/c1-25(20,21)9-8-24-11-5-3-4-10-13(11)17-18-19(10)12-6-7-15-14(16-12)26(2,22)23/h3-7H,8-9H2,1-2H3. The van der Waals surface area contributed by atoms with Crippen LogP contribution in [0.5, 0.6) is 5.75 Å². The molecule has 0 bridgehead atoms. The van der Waals surface area contributed by atoms with E-state index in [2.05, 4.69) is 20.3 Å². The summed E-state index contributed by atoms with van der Waals surface area (Å²) >= 11 is 0. The molecule has 0 amide bonds. The van der Waals surface area contributed by atoms with E-state index in [0.717, 1.165) is 12.5 Å². The highest BCUT2D eigenvalue weighted by Crippen LogP contribution is 2.24. The number of ether oxygens (including phenoxy) is 1. The predicted molar refractivity (Wildman–Crippen MR) is 92.8 cm³/mol. The largest absolute Gasteiger partial charge is 0.490 e. The highest BCUT2D eigenvalue weighted by Gasteiger charge is 2.16. The number of hydrogen-bond acceptors (Lipinski definition) is 9. The van der Waals surface area contributed by atoms with E-state index in [1.54, 1.807) is 18.2 Å². The zero-order chi connectivity index (χ0) is 18.9. The van der Waals surface area contributed by atoms with Crippen LogP contribution in [0.3, 0.4) is 0 Å². The third-order valence-corrected chi connectivity index (χ3v) is 5.09. The van der Waals surface area contributed by atoms with Crippen molar-refractivity contribution in [3.63, 3.8) is 0 Å². The van der Waals surface area contributed by atoms with E-state index in [0.29, 0.717) is 16.8 Å². The Hall–Kier alpha value is -2.60. The molecule has 0 atom stereocenters. The molecule has 0 spiro atoms. The second kappa shape index (κ2) is 6.61. The molecule has 0 unspecified atom stereocenters. The first-order chi connectivity index (χ1) is 12.1. The molecule has 0 N–H and O–H groups in total. The van der Waals surface area contributed by atoms with Gasteiger partial charge in [-0.15, -0.1) is 5.10 Å². The lowest BCUT2D eigenvalue weighted by molar-refractivity contribution is 0.344. The summed E-state index contributed by atoms with van der Waals surface area (Å²) in [6.45, 7) is -0.0173. The van der Waals surface area contributed by atoms with E-state index in [4.69, 9.17) is 4.74 Å². The minimum Gasteiger partial charge on any atom is -0.490 e. The highest BCUT2D eigenvalue weighted by atomic mass is 32.2. The van der Waals surface area contributed by atoms with Gasteiger partial charge in [-0.05, 0) is 12.1 Å². The molecule has 26 heavy (non-hydrogen) atoms. The van der Waals surface area contributed by atoms with Crippen LogP contribution in [0.25, 0.3) is 16.9 Å². The van der Waals surface area contributed by atoms with Gasteiger partial charge in [-0.3, -0.25) is 0 Å². The van der Waals surface area contributed by atoms with Gasteiger partial charge in [-0.2, -0.15) is 9.67 Å². The summed E-state index contributed by atoms with van der Waals surface area (Å²) in [4.78, 5) is 7.74. The molecule has 3 aromatic rings. The van der Waals surface area contributed by atoms with E-state index in [9.17, 15) is 16.8 Å². The van der Waals surface area contributed by atoms with Crippen molar-refractivity contribution < 1.29 is 21.6 Å². The maximum atomic E-state index is 11.6. The molecule has 1 aromatic carbocycles. The summed E-state index contributed by atoms with van der Waals surface area (Å²) in [6, 6.07) is 6.54. The normalized spacial score (nSPS) is 12.4. The van der Waals surface area contributed by atoms with Gasteiger partial charge in [0.1, 0.15) is 17.9 Å². The van der Waals surface area contributed by atoms with Crippen molar-refractivity contribution in [2.45, 2.75) is 5.16 Å². The number of fused-ring (bicyclic) bond motifs is 1.